The summed E-state index contributed by atoms with van der Waals surface area (Å²) in [6, 6.07) is 2.07. The second-order valence-electron chi connectivity index (χ2n) is 1.38. The molecule has 0 aromatic carbocycles. The largest absolute Gasteiger partial charge is 0.193 e. The molecule has 0 saturated heterocycles. The van der Waals surface area contributed by atoms with Crippen molar-refractivity contribution in [2.24, 2.45) is 0 Å². The summed E-state index contributed by atoms with van der Waals surface area (Å²) in [5.41, 5.74) is 0.813. The topological polar surface area (TPSA) is 23.8 Å². The van der Waals surface area contributed by atoms with Crippen LogP contribution in [-0.2, 0) is 0 Å². The highest BCUT2D eigenvalue weighted by Gasteiger charge is 1.86. The summed E-state index contributed by atoms with van der Waals surface area (Å²) in [4.78, 5) is 0. The number of halogens is 1. The van der Waals surface area contributed by atoms with Gasteiger partial charge in [-0.15, -0.1) is 0 Å². The normalized spacial score (nSPS) is 10.9. The van der Waals surface area contributed by atoms with Gasteiger partial charge in [0.15, 0.2) is 0 Å². The molecule has 2 heteroatoms. The Hall–Kier alpha value is -0.290. The first-order chi connectivity index (χ1) is 3.85. The highest BCUT2D eigenvalue weighted by Crippen LogP contribution is 1.98. The van der Waals surface area contributed by atoms with Crippen LogP contribution in [0.3, 0.4) is 0 Å². The first-order valence-electron chi connectivity index (χ1n) is 2.50. The second kappa shape index (κ2) is 4.86. The molecule has 0 heterocycles. The molecule has 0 atom stereocenters. The van der Waals surface area contributed by atoms with Crippen molar-refractivity contribution >= 4 is 15.9 Å². The first kappa shape index (κ1) is 7.71. The van der Waals surface area contributed by atoms with Crippen LogP contribution in [0.25, 0.3) is 0 Å². The van der Waals surface area contributed by atoms with E-state index in [1.54, 1.807) is 0 Å². The SMILES string of the molecule is CC/C=C(\C#N)CBr. The molecule has 0 fully saturated rings. The molecule has 0 amide bonds. The number of allylic oxidation sites excluding steroid dienone is 2. The predicted molar refractivity (Wildman–Crippen MR) is 37.8 cm³/mol. The van der Waals surface area contributed by atoms with Crippen LogP contribution in [0, 0.1) is 11.3 Å². The van der Waals surface area contributed by atoms with Gasteiger partial charge in [-0.2, -0.15) is 5.26 Å². The fraction of sp³-hybridized carbons (Fsp3) is 0.500. The Bertz CT molecular complexity index is 121. The number of nitriles is 1. The van der Waals surface area contributed by atoms with Crippen molar-refractivity contribution in [2.45, 2.75) is 13.3 Å². The van der Waals surface area contributed by atoms with Gasteiger partial charge < -0.3 is 0 Å². The maximum Gasteiger partial charge on any atom is 0.0952 e. The number of rotatable bonds is 2. The van der Waals surface area contributed by atoms with E-state index in [9.17, 15) is 0 Å². The molecule has 0 bridgehead atoms. The fourth-order valence-corrected chi connectivity index (χ4v) is 0.731. The molecule has 0 aromatic rings. The molecular formula is C6H8BrN. The number of hydrogen-bond donors (Lipinski definition) is 0. The van der Waals surface area contributed by atoms with E-state index < -0.39 is 0 Å². The lowest BCUT2D eigenvalue weighted by atomic mass is 10.3. The van der Waals surface area contributed by atoms with Gasteiger partial charge in [0.1, 0.15) is 0 Å². The molecular weight excluding hydrogens is 166 g/mol. The van der Waals surface area contributed by atoms with Crippen molar-refractivity contribution in [3.05, 3.63) is 11.6 Å². The van der Waals surface area contributed by atoms with Crippen molar-refractivity contribution in [1.82, 2.24) is 0 Å². The number of hydrogen-bond acceptors (Lipinski definition) is 1. The minimum atomic E-state index is 0.678. The van der Waals surface area contributed by atoms with E-state index in [1.807, 2.05) is 13.0 Å². The Morgan fingerprint density at radius 1 is 1.88 bits per heavy atom. The van der Waals surface area contributed by atoms with Crippen LogP contribution in [0.2, 0.25) is 0 Å². The molecule has 1 nitrogen and oxygen atoms in total. The summed E-state index contributed by atoms with van der Waals surface area (Å²) < 4.78 is 0. The monoisotopic (exact) mass is 173 g/mol. The summed E-state index contributed by atoms with van der Waals surface area (Å²) in [6.45, 7) is 2.01. The summed E-state index contributed by atoms with van der Waals surface area (Å²) in [5, 5.41) is 8.99. The molecule has 0 rings (SSSR count). The first-order valence-corrected chi connectivity index (χ1v) is 3.62. The standard InChI is InChI=1S/C6H8BrN/c1-2-3-6(4-7)5-8/h3H,2,4H2,1H3/b6-3-. The quantitative estimate of drug-likeness (QED) is 0.465. The highest BCUT2D eigenvalue weighted by atomic mass is 79.9. The van der Waals surface area contributed by atoms with Crippen LogP contribution in [0.4, 0.5) is 0 Å². The van der Waals surface area contributed by atoms with E-state index >= 15 is 0 Å². The Balaban J connectivity index is 3.72. The zero-order valence-corrected chi connectivity index (χ0v) is 6.40. The zero-order chi connectivity index (χ0) is 6.41. The molecule has 0 aromatic heterocycles. The molecule has 0 unspecified atom stereocenters. The van der Waals surface area contributed by atoms with Crippen LogP contribution < -0.4 is 0 Å². The molecule has 0 N–H and O–H groups in total. The lowest BCUT2D eigenvalue weighted by Crippen LogP contribution is -1.76. The Morgan fingerprint density at radius 3 is 2.62 bits per heavy atom. The van der Waals surface area contributed by atoms with Gasteiger partial charge in [0.2, 0.25) is 0 Å². The zero-order valence-electron chi connectivity index (χ0n) is 4.82. The Kier molecular flexibility index (Phi) is 4.68. The smallest absolute Gasteiger partial charge is 0.0952 e. The molecule has 8 heavy (non-hydrogen) atoms. The van der Waals surface area contributed by atoms with E-state index in [4.69, 9.17) is 5.26 Å². The van der Waals surface area contributed by atoms with Crippen LogP contribution >= 0.6 is 15.9 Å². The molecule has 0 saturated carbocycles. The third-order valence-electron chi connectivity index (χ3n) is 0.738. The predicted octanol–water partition coefficient (Wildman–Crippen LogP) is 2.24. The van der Waals surface area contributed by atoms with E-state index in [1.165, 1.54) is 0 Å². The fourth-order valence-electron chi connectivity index (χ4n) is 0.376. The Morgan fingerprint density at radius 2 is 2.50 bits per heavy atom. The van der Waals surface area contributed by atoms with Crippen LogP contribution in [0.15, 0.2) is 11.6 Å². The van der Waals surface area contributed by atoms with Crippen LogP contribution in [0.5, 0.6) is 0 Å². The summed E-state index contributed by atoms with van der Waals surface area (Å²) in [7, 11) is 0. The van der Waals surface area contributed by atoms with E-state index in [-0.39, 0.29) is 0 Å². The minimum absolute atomic E-state index is 0.678. The summed E-state index contributed by atoms with van der Waals surface area (Å²) >= 11 is 3.19. The van der Waals surface area contributed by atoms with E-state index in [0.717, 1.165) is 12.0 Å². The van der Waals surface area contributed by atoms with Gasteiger partial charge in [-0.1, -0.05) is 28.9 Å². The molecule has 0 radical (unpaired) electrons. The average Bonchev–Trinajstić information content (AvgIpc) is 1.83. The maximum atomic E-state index is 8.31. The lowest BCUT2D eigenvalue weighted by Gasteiger charge is -1.83. The van der Waals surface area contributed by atoms with Gasteiger partial charge in [0.25, 0.3) is 0 Å². The van der Waals surface area contributed by atoms with Gasteiger partial charge in [-0.05, 0) is 6.42 Å². The van der Waals surface area contributed by atoms with Crippen LogP contribution in [-0.4, -0.2) is 5.33 Å². The third-order valence-corrected chi connectivity index (χ3v) is 1.34. The Labute approximate surface area is 58.1 Å². The van der Waals surface area contributed by atoms with Crippen molar-refractivity contribution in [3.8, 4) is 6.07 Å². The van der Waals surface area contributed by atoms with E-state index in [0.29, 0.717) is 5.33 Å². The molecule has 0 aliphatic rings. The average molecular weight is 174 g/mol. The van der Waals surface area contributed by atoms with Crippen molar-refractivity contribution in [2.75, 3.05) is 5.33 Å². The molecule has 0 spiro atoms. The molecule has 44 valence electrons. The molecule has 0 aliphatic heterocycles. The van der Waals surface area contributed by atoms with E-state index in [2.05, 4.69) is 22.0 Å². The van der Waals surface area contributed by atoms with Gasteiger partial charge in [-0.25, -0.2) is 0 Å². The number of alkyl halides is 1. The van der Waals surface area contributed by atoms with Crippen LogP contribution in [0.1, 0.15) is 13.3 Å². The summed E-state index contributed by atoms with van der Waals surface area (Å²) in [5.74, 6) is 0. The maximum absolute atomic E-state index is 8.31. The van der Waals surface area contributed by atoms with Crippen molar-refractivity contribution in [1.29, 1.82) is 5.26 Å². The van der Waals surface area contributed by atoms with Gasteiger partial charge in [0.05, 0.1) is 6.07 Å². The van der Waals surface area contributed by atoms with Gasteiger partial charge in [-0.3, -0.25) is 0 Å². The highest BCUT2D eigenvalue weighted by molar-refractivity contribution is 9.09. The van der Waals surface area contributed by atoms with Crippen molar-refractivity contribution in [3.63, 3.8) is 0 Å². The number of nitrogens with zero attached hydrogens (tertiary/aromatic N) is 1. The second-order valence-corrected chi connectivity index (χ2v) is 1.94. The van der Waals surface area contributed by atoms with Gasteiger partial charge >= 0.3 is 0 Å². The van der Waals surface area contributed by atoms with Crippen molar-refractivity contribution < 1.29 is 0 Å². The van der Waals surface area contributed by atoms with Gasteiger partial charge in [0, 0.05) is 10.9 Å². The summed E-state index contributed by atoms with van der Waals surface area (Å²) in [6.07, 6.45) is 2.85. The minimum Gasteiger partial charge on any atom is -0.193 e. The third kappa shape index (κ3) is 2.81. The lowest BCUT2D eigenvalue weighted by molar-refractivity contribution is 1.20. The molecule has 0 aliphatic carbocycles.